The Morgan fingerprint density at radius 3 is 2.24 bits per heavy atom. The van der Waals surface area contributed by atoms with Gasteiger partial charge in [0.05, 0.1) is 7.11 Å². The van der Waals surface area contributed by atoms with Crippen LogP contribution in [0, 0.1) is 11.8 Å². The highest BCUT2D eigenvalue weighted by atomic mass is 16.5. The third kappa shape index (κ3) is 2.23. The summed E-state index contributed by atoms with van der Waals surface area (Å²) < 4.78 is 4.61. The molecule has 0 aromatic heterocycles. The number of ether oxygens (including phenoxy) is 1. The normalized spacial score (nSPS) is 16.4. The Morgan fingerprint density at radius 1 is 1.24 bits per heavy atom. The minimum atomic E-state index is -0.653. The van der Waals surface area contributed by atoms with Crippen LogP contribution in [0.5, 0.6) is 0 Å². The first kappa shape index (κ1) is 11.8. The lowest BCUT2D eigenvalue weighted by atomic mass is 9.92. The number of hydrogen-bond donors (Lipinski definition) is 0. The lowest BCUT2D eigenvalue weighted by Crippen LogP contribution is -2.29. The summed E-state index contributed by atoms with van der Waals surface area (Å²) in [6.07, 6.45) is 1.49. The van der Waals surface area contributed by atoms with Crippen molar-refractivity contribution in [2.75, 3.05) is 7.11 Å². The first-order chi connectivity index (χ1) is 8.13. The highest BCUT2D eigenvalue weighted by Crippen LogP contribution is 2.28. The molecular formula is C14H16O3. The predicted molar refractivity (Wildman–Crippen MR) is 63.5 cm³/mol. The van der Waals surface area contributed by atoms with Crippen molar-refractivity contribution in [3.8, 4) is 0 Å². The predicted octanol–water partition coefficient (Wildman–Crippen LogP) is 1.78. The van der Waals surface area contributed by atoms with E-state index in [4.69, 9.17) is 0 Å². The van der Waals surface area contributed by atoms with E-state index in [0.29, 0.717) is 0 Å². The Kier molecular flexibility index (Phi) is 3.27. The minimum absolute atomic E-state index is 0.00644. The zero-order chi connectivity index (χ0) is 12.4. The van der Waals surface area contributed by atoms with Crippen molar-refractivity contribution in [1.82, 2.24) is 0 Å². The van der Waals surface area contributed by atoms with Gasteiger partial charge in [0.15, 0.2) is 5.78 Å². The van der Waals surface area contributed by atoms with Crippen molar-refractivity contribution in [2.24, 2.45) is 11.8 Å². The smallest absolute Gasteiger partial charge is 0.315 e. The average molecular weight is 232 g/mol. The van der Waals surface area contributed by atoms with Gasteiger partial charge in [0.2, 0.25) is 0 Å². The quantitative estimate of drug-likeness (QED) is 0.589. The highest BCUT2D eigenvalue weighted by molar-refractivity contribution is 6.00. The standard InChI is InChI=1S/C14H16O3/c1-9(14(16)17-2)13(15)12-7-10-5-3-4-6-11(10)8-12/h3-6,9,12H,7-8H2,1-2H3. The fourth-order valence-corrected chi connectivity index (χ4v) is 2.41. The van der Waals surface area contributed by atoms with Crippen LogP contribution >= 0.6 is 0 Å². The van der Waals surface area contributed by atoms with E-state index in [9.17, 15) is 9.59 Å². The second-order valence-electron chi connectivity index (χ2n) is 4.52. The molecule has 0 spiro atoms. The van der Waals surface area contributed by atoms with Crippen LogP contribution in [0.4, 0.5) is 0 Å². The Hall–Kier alpha value is -1.64. The molecule has 1 aromatic rings. The number of hydrogen-bond acceptors (Lipinski definition) is 3. The summed E-state index contributed by atoms with van der Waals surface area (Å²) >= 11 is 0. The van der Waals surface area contributed by atoms with Crippen molar-refractivity contribution in [1.29, 1.82) is 0 Å². The van der Waals surface area contributed by atoms with Crippen molar-refractivity contribution < 1.29 is 14.3 Å². The van der Waals surface area contributed by atoms with Gasteiger partial charge in [0.1, 0.15) is 5.92 Å². The van der Waals surface area contributed by atoms with E-state index in [2.05, 4.69) is 4.74 Å². The topological polar surface area (TPSA) is 43.4 Å². The Morgan fingerprint density at radius 2 is 1.76 bits per heavy atom. The first-order valence-corrected chi connectivity index (χ1v) is 5.81. The first-order valence-electron chi connectivity index (χ1n) is 5.81. The molecule has 0 bridgehead atoms. The second-order valence-corrected chi connectivity index (χ2v) is 4.52. The van der Waals surface area contributed by atoms with Crippen LogP contribution < -0.4 is 0 Å². The van der Waals surface area contributed by atoms with E-state index in [1.165, 1.54) is 18.2 Å². The SMILES string of the molecule is COC(=O)C(C)C(=O)C1Cc2ccccc2C1. The molecule has 1 aliphatic rings. The number of Topliss-reactive ketones (excluding diaryl/α,β-unsaturated/α-hetero) is 1. The van der Waals surface area contributed by atoms with Crippen molar-refractivity contribution in [2.45, 2.75) is 19.8 Å². The van der Waals surface area contributed by atoms with Gasteiger partial charge in [-0.2, -0.15) is 0 Å². The van der Waals surface area contributed by atoms with Crippen molar-refractivity contribution in [3.63, 3.8) is 0 Å². The zero-order valence-corrected chi connectivity index (χ0v) is 10.1. The van der Waals surface area contributed by atoms with Crippen LogP contribution in [0.3, 0.4) is 0 Å². The van der Waals surface area contributed by atoms with E-state index in [-0.39, 0.29) is 11.7 Å². The number of rotatable bonds is 3. The molecule has 1 aromatic carbocycles. The molecule has 1 atom stereocenters. The van der Waals surface area contributed by atoms with Gasteiger partial charge in [-0.25, -0.2) is 0 Å². The lowest BCUT2D eigenvalue weighted by Gasteiger charge is -2.12. The molecule has 0 amide bonds. The fraction of sp³-hybridized carbons (Fsp3) is 0.429. The number of carbonyl (C=O) groups excluding carboxylic acids is 2. The van der Waals surface area contributed by atoms with Gasteiger partial charge in [-0.05, 0) is 30.9 Å². The number of esters is 1. The minimum Gasteiger partial charge on any atom is -0.468 e. The van der Waals surface area contributed by atoms with Gasteiger partial charge in [-0.1, -0.05) is 24.3 Å². The molecule has 2 rings (SSSR count). The molecule has 90 valence electrons. The molecule has 0 saturated carbocycles. The van der Waals surface area contributed by atoms with Crippen molar-refractivity contribution >= 4 is 11.8 Å². The van der Waals surface area contributed by atoms with Gasteiger partial charge < -0.3 is 4.74 Å². The van der Waals surface area contributed by atoms with Gasteiger partial charge in [-0.15, -0.1) is 0 Å². The Balaban J connectivity index is 2.08. The number of fused-ring (bicyclic) bond motifs is 1. The van der Waals surface area contributed by atoms with Gasteiger partial charge in [-0.3, -0.25) is 9.59 Å². The van der Waals surface area contributed by atoms with Crippen LogP contribution in [0.25, 0.3) is 0 Å². The lowest BCUT2D eigenvalue weighted by molar-refractivity contribution is -0.149. The molecular weight excluding hydrogens is 216 g/mol. The van der Waals surface area contributed by atoms with Crippen LogP contribution in [0.2, 0.25) is 0 Å². The number of carbonyl (C=O) groups is 2. The fourth-order valence-electron chi connectivity index (χ4n) is 2.41. The van der Waals surface area contributed by atoms with E-state index < -0.39 is 11.9 Å². The van der Waals surface area contributed by atoms with Crippen molar-refractivity contribution in [3.05, 3.63) is 35.4 Å². The summed E-state index contributed by atoms with van der Waals surface area (Å²) in [6, 6.07) is 8.06. The number of benzene rings is 1. The van der Waals surface area contributed by atoms with Crippen LogP contribution in [0.1, 0.15) is 18.1 Å². The van der Waals surface area contributed by atoms with Crippen LogP contribution in [0.15, 0.2) is 24.3 Å². The van der Waals surface area contributed by atoms with Crippen LogP contribution in [-0.2, 0) is 27.2 Å². The monoisotopic (exact) mass is 232 g/mol. The average Bonchev–Trinajstić information content (AvgIpc) is 2.79. The van der Waals surface area contributed by atoms with E-state index in [1.54, 1.807) is 6.92 Å². The van der Waals surface area contributed by atoms with Gasteiger partial charge in [0.25, 0.3) is 0 Å². The van der Waals surface area contributed by atoms with E-state index in [1.807, 2.05) is 24.3 Å². The van der Waals surface area contributed by atoms with E-state index in [0.717, 1.165) is 12.8 Å². The summed E-state index contributed by atoms with van der Waals surface area (Å²) in [5, 5.41) is 0. The summed E-state index contributed by atoms with van der Waals surface area (Å²) in [5.41, 5.74) is 2.45. The maximum Gasteiger partial charge on any atom is 0.315 e. The van der Waals surface area contributed by atoms with E-state index >= 15 is 0 Å². The summed E-state index contributed by atoms with van der Waals surface area (Å²) in [7, 11) is 1.31. The molecule has 0 radical (unpaired) electrons. The molecule has 17 heavy (non-hydrogen) atoms. The summed E-state index contributed by atoms with van der Waals surface area (Å²) in [4.78, 5) is 23.5. The summed E-state index contributed by atoms with van der Waals surface area (Å²) in [6.45, 7) is 1.62. The number of ketones is 1. The zero-order valence-electron chi connectivity index (χ0n) is 10.1. The largest absolute Gasteiger partial charge is 0.468 e. The Labute approximate surface area is 101 Å². The van der Waals surface area contributed by atoms with Gasteiger partial charge >= 0.3 is 5.97 Å². The maximum atomic E-state index is 12.1. The Bertz CT molecular complexity index is 426. The third-order valence-corrected chi connectivity index (χ3v) is 3.43. The molecule has 0 aliphatic heterocycles. The molecule has 0 N–H and O–H groups in total. The molecule has 0 heterocycles. The number of methoxy groups -OCH3 is 1. The molecule has 0 saturated heterocycles. The molecule has 1 aliphatic carbocycles. The molecule has 0 fully saturated rings. The molecule has 1 unspecified atom stereocenters. The van der Waals surface area contributed by atoms with Gasteiger partial charge in [0, 0.05) is 5.92 Å². The summed E-state index contributed by atoms with van der Waals surface area (Å²) in [5.74, 6) is -1.17. The maximum absolute atomic E-state index is 12.1. The highest BCUT2D eigenvalue weighted by Gasteiger charge is 2.33. The second kappa shape index (κ2) is 4.70. The van der Waals surface area contributed by atoms with Crippen LogP contribution in [-0.4, -0.2) is 18.9 Å². The molecule has 3 nitrogen and oxygen atoms in total. The molecule has 3 heteroatoms. The third-order valence-electron chi connectivity index (χ3n) is 3.43.